The molecule has 0 spiro atoms. The van der Waals surface area contributed by atoms with Crippen molar-refractivity contribution in [2.24, 2.45) is 0 Å². The summed E-state index contributed by atoms with van der Waals surface area (Å²) in [5.41, 5.74) is -9.02. The zero-order valence-electron chi connectivity index (χ0n) is 16.9. The van der Waals surface area contributed by atoms with E-state index in [0.29, 0.717) is 10.1 Å². The standard InChI is InChI=1S/C20H9BrClF9N2O3/c21-18(24,25)17(23,19(26,27)28)11-7-12(22)15(14(8-11)36-20(29,30)31)32-16(34)10-4-3-9-2-1-5-33(35)13(9)6-10/h1-8H,(H,32,34). The Bertz CT molecular complexity index is 1310. The molecule has 0 bridgehead atoms. The topological polar surface area (TPSA) is 65.3 Å². The number of nitrogens with zero attached hydrogens (tertiary/aromatic N) is 1. The number of carbonyl (C=O) groups is 1. The van der Waals surface area contributed by atoms with Gasteiger partial charge in [0.1, 0.15) is 5.69 Å². The lowest BCUT2D eigenvalue weighted by atomic mass is 9.94. The molecule has 0 radical (unpaired) electrons. The van der Waals surface area contributed by atoms with Crippen LogP contribution in [0.25, 0.3) is 10.9 Å². The Morgan fingerprint density at radius 1 is 1.00 bits per heavy atom. The van der Waals surface area contributed by atoms with Crippen molar-refractivity contribution in [3.63, 3.8) is 0 Å². The van der Waals surface area contributed by atoms with Gasteiger partial charge in [-0.25, -0.2) is 4.39 Å². The summed E-state index contributed by atoms with van der Waals surface area (Å²) >= 11 is 6.98. The van der Waals surface area contributed by atoms with E-state index in [2.05, 4.69) is 4.74 Å². The highest BCUT2D eigenvalue weighted by Crippen LogP contribution is 2.56. The van der Waals surface area contributed by atoms with Crippen LogP contribution in [0.3, 0.4) is 0 Å². The maximum Gasteiger partial charge on any atom is 0.573 e. The zero-order chi connectivity index (χ0) is 27.3. The second-order valence-electron chi connectivity index (χ2n) is 7.09. The van der Waals surface area contributed by atoms with Gasteiger partial charge in [0, 0.05) is 28.6 Å². The van der Waals surface area contributed by atoms with Crippen molar-refractivity contribution in [3.05, 3.63) is 70.0 Å². The van der Waals surface area contributed by atoms with Crippen LogP contribution >= 0.6 is 27.5 Å². The molecule has 0 aliphatic rings. The molecule has 36 heavy (non-hydrogen) atoms. The summed E-state index contributed by atoms with van der Waals surface area (Å²) in [5, 5.41) is 12.9. The quantitative estimate of drug-likeness (QED) is 0.146. The van der Waals surface area contributed by atoms with E-state index < -0.39 is 51.0 Å². The van der Waals surface area contributed by atoms with E-state index in [-0.39, 0.29) is 23.2 Å². The van der Waals surface area contributed by atoms with Gasteiger partial charge < -0.3 is 15.3 Å². The molecule has 1 amide bonds. The number of ether oxygens (including phenoxy) is 1. The monoisotopic (exact) mass is 610 g/mol. The van der Waals surface area contributed by atoms with Crippen LogP contribution in [0.4, 0.5) is 45.2 Å². The number of aromatic nitrogens is 1. The Morgan fingerprint density at radius 3 is 2.19 bits per heavy atom. The van der Waals surface area contributed by atoms with E-state index in [0.717, 1.165) is 18.3 Å². The summed E-state index contributed by atoms with van der Waals surface area (Å²) in [6.07, 6.45) is -10.9. The highest BCUT2D eigenvalue weighted by molar-refractivity contribution is 9.10. The lowest BCUT2D eigenvalue weighted by Crippen LogP contribution is -2.49. The number of halogens is 11. The fraction of sp³-hybridized carbons (Fsp3) is 0.200. The Hall–Kier alpha value is -2.94. The van der Waals surface area contributed by atoms with Gasteiger partial charge in [-0.2, -0.15) is 26.7 Å². The van der Waals surface area contributed by atoms with Crippen LogP contribution in [0.2, 0.25) is 5.02 Å². The fourth-order valence-electron chi connectivity index (χ4n) is 3.10. The third kappa shape index (κ3) is 5.26. The molecule has 194 valence electrons. The Morgan fingerprint density at radius 2 is 1.64 bits per heavy atom. The molecule has 2 aromatic carbocycles. The first kappa shape index (κ1) is 27.6. The van der Waals surface area contributed by atoms with Crippen molar-refractivity contribution in [2.45, 2.75) is 23.0 Å². The number of nitrogens with one attached hydrogen (secondary N) is 1. The Labute approximate surface area is 208 Å². The number of anilines is 1. The lowest BCUT2D eigenvalue weighted by molar-refractivity contribution is -0.577. The van der Waals surface area contributed by atoms with E-state index in [4.69, 9.17) is 11.6 Å². The van der Waals surface area contributed by atoms with Crippen LogP contribution in [0.5, 0.6) is 5.75 Å². The van der Waals surface area contributed by atoms with E-state index in [1.54, 1.807) is 0 Å². The summed E-state index contributed by atoms with van der Waals surface area (Å²) < 4.78 is 125. The van der Waals surface area contributed by atoms with Gasteiger partial charge in [-0.05, 0) is 46.3 Å². The molecular formula is C20H9BrClF9N2O3. The Kier molecular flexibility index (Phi) is 7.05. The van der Waals surface area contributed by atoms with Crippen molar-refractivity contribution in [1.82, 2.24) is 0 Å². The zero-order valence-corrected chi connectivity index (χ0v) is 19.3. The smallest absolute Gasteiger partial charge is 0.573 e. The number of hydrogen-bond donors (Lipinski definition) is 1. The lowest BCUT2D eigenvalue weighted by Gasteiger charge is -2.32. The summed E-state index contributed by atoms with van der Waals surface area (Å²) in [4.78, 5) is 7.29. The van der Waals surface area contributed by atoms with Gasteiger partial charge in [0.25, 0.3) is 5.91 Å². The van der Waals surface area contributed by atoms with Crippen molar-refractivity contribution in [2.75, 3.05) is 5.32 Å². The minimum Gasteiger partial charge on any atom is -0.618 e. The van der Waals surface area contributed by atoms with Gasteiger partial charge >= 0.3 is 23.0 Å². The second kappa shape index (κ2) is 9.18. The third-order valence-electron chi connectivity index (χ3n) is 4.72. The van der Waals surface area contributed by atoms with Gasteiger partial charge in [0.2, 0.25) is 5.52 Å². The highest BCUT2D eigenvalue weighted by Gasteiger charge is 2.71. The molecule has 3 aromatic rings. The minimum absolute atomic E-state index is 0.0229. The van der Waals surface area contributed by atoms with Crippen LogP contribution in [-0.2, 0) is 5.67 Å². The first-order valence-corrected chi connectivity index (χ1v) is 10.4. The first-order chi connectivity index (χ1) is 16.3. The first-order valence-electron chi connectivity index (χ1n) is 9.20. The minimum atomic E-state index is -6.33. The van der Waals surface area contributed by atoms with E-state index in [1.165, 1.54) is 34.1 Å². The van der Waals surface area contributed by atoms with Crippen LogP contribution in [0, 0.1) is 5.21 Å². The van der Waals surface area contributed by atoms with E-state index >= 15 is 0 Å². The average Bonchev–Trinajstić information content (AvgIpc) is 2.72. The highest BCUT2D eigenvalue weighted by atomic mass is 79.9. The summed E-state index contributed by atoms with van der Waals surface area (Å²) in [7, 11) is 0. The van der Waals surface area contributed by atoms with Crippen LogP contribution < -0.4 is 14.8 Å². The SMILES string of the molecule is O=C(Nc1c(Cl)cc(C(F)(C(F)(F)F)C(F)(F)Br)cc1OC(F)(F)F)c1ccc2ccc[n+]([O-])c2c1. The van der Waals surface area contributed by atoms with Gasteiger partial charge in [-0.1, -0.05) is 11.6 Å². The number of pyridine rings is 1. The molecule has 0 aliphatic carbocycles. The molecule has 0 saturated carbocycles. The number of rotatable bonds is 5. The average molecular weight is 612 g/mol. The maximum absolute atomic E-state index is 14.7. The predicted molar refractivity (Wildman–Crippen MR) is 112 cm³/mol. The molecule has 5 nitrogen and oxygen atoms in total. The predicted octanol–water partition coefficient (Wildman–Crippen LogP) is 6.99. The molecule has 1 N–H and O–H groups in total. The van der Waals surface area contributed by atoms with Crippen molar-refractivity contribution >= 4 is 50.0 Å². The molecular weight excluding hydrogens is 603 g/mol. The Balaban J connectivity index is 2.14. The molecule has 0 saturated heterocycles. The van der Waals surface area contributed by atoms with Crippen molar-refractivity contribution in [1.29, 1.82) is 0 Å². The number of benzene rings is 2. The van der Waals surface area contributed by atoms with E-state index in [9.17, 15) is 49.5 Å². The van der Waals surface area contributed by atoms with Crippen LogP contribution in [0.15, 0.2) is 48.7 Å². The van der Waals surface area contributed by atoms with Gasteiger partial charge in [-0.15, -0.1) is 13.2 Å². The molecule has 3 rings (SSSR count). The third-order valence-corrected chi connectivity index (χ3v) is 5.57. The summed E-state index contributed by atoms with van der Waals surface area (Å²) in [6.45, 7) is 0. The largest absolute Gasteiger partial charge is 0.618 e. The number of hydrogen-bond acceptors (Lipinski definition) is 3. The molecule has 16 heteroatoms. The molecule has 0 aliphatic heterocycles. The molecule has 0 fully saturated rings. The molecule has 1 atom stereocenters. The maximum atomic E-state index is 14.7. The van der Waals surface area contributed by atoms with Crippen LogP contribution in [0.1, 0.15) is 15.9 Å². The van der Waals surface area contributed by atoms with Gasteiger partial charge in [0.05, 0.1) is 5.02 Å². The van der Waals surface area contributed by atoms with Crippen LogP contribution in [-0.4, -0.2) is 23.3 Å². The molecule has 1 aromatic heterocycles. The summed E-state index contributed by atoms with van der Waals surface area (Å²) in [6, 6.07) is 6.09. The number of alkyl halides is 10. The number of carbonyl (C=O) groups excluding carboxylic acids is 1. The normalized spacial score (nSPS) is 14.4. The van der Waals surface area contributed by atoms with E-state index in [1.807, 2.05) is 5.32 Å². The van der Waals surface area contributed by atoms with Gasteiger partial charge in [0.15, 0.2) is 11.9 Å². The van der Waals surface area contributed by atoms with Crippen molar-refractivity contribution < 1.29 is 53.8 Å². The molecule has 1 unspecified atom stereocenters. The number of fused-ring (bicyclic) bond motifs is 1. The van der Waals surface area contributed by atoms with Crippen molar-refractivity contribution in [3.8, 4) is 5.75 Å². The van der Waals surface area contributed by atoms with Gasteiger partial charge in [-0.3, -0.25) is 4.79 Å². The second-order valence-corrected chi connectivity index (χ2v) is 8.50. The number of amides is 1. The molecule has 1 heterocycles. The fourth-order valence-corrected chi connectivity index (χ4v) is 3.81. The summed E-state index contributed by atoms with van der Waals surface area (Å²) in [5.74, 6) is -2.92.